The first kappa shape index (κ1) is 23.2. The van der Waals surface area contributed by atoms with Crippen LogP contribution in [0.5, 0.6) is 0 Å². The summed E-state index contributed by atoms with van der Waals surface area (Å²) in [5.74, 6) is -6.88. The number of halogens is 3. The zero-order chi connectivity index (χ0) is 24.7. The molecule has 1 saturated carbocycles. The number of nitriles is 1. The number of hydrogen-bond acceptors (Lipinski definition) is 6. The van der Waals surface area contributed by atoms with E-state index in [1.54, 1.807) is 13.0 Å². The van der Waals surface area contributed by atoms with Crippen LogP contribution < -0.4 is 10.6 Å². The molecule has 2 aliphatic rings. The molecule has 2 aromatic rings. The summed E-state index contributed by atoms with van der Waals surface area (Å²) >= 11 is 0. The molecule has 1 aliphatic carbocycles. The van der Waals surface area contributed by atoms with E-state index in [4.69, 9.17) is 5.26 Å². The van der Waals surface area contributed by atoms with Gasteiger partial charge in [-0.05, 0) is 31.5 Å². The number of hydrogen-bond donors (Lipinski definition) is 3. The first-order chi connectivity index (χ1) is 16.0. The highest BCUT2D eigenvalue weighted by atomic mass is 19.3. The number of alkyl halides is 2. The molecule has 1 aliphatic heterocycles. The molecule has 178 valence electrons. The third-order valence-electron chi connectivity index (χ3n) is 6.14. The Morgan fingerprint density at radius 1 is 1.29 bits per heavy atom. The van der Waals surface area contributed by atoms with Crippen LogP contribution in [0.3, 0.4) is 0 Å². The van der Waals surface area contributed by atoms with Gasteiger partial charge in [-0.2, -0.15) is 5.26 Å². The molecular formula is C21H20F3N7O3. The lowest BCUT2D eigenvalue weighted by molar-refractivity contribution is -0.160. The van der Waals surface area contributed by atoms with E-state index in [1.165, 1.54) is 23.2 Å². The normalized spacial score (nSPS) is 22.4. The summed E-state index contributed by atoms with van der Waals surface area (Å²) in [6.07, 6.45) is 0.110. The minimum absolute atomic E-state index is 0.0708. The number of carbonyl (C=O) groups excluding carboxylic acids is 3. The SMILES string of the molecule is C[C@H]1C[C@H](C(=O)Nc2ccc(F)c(C#N)c2)CN1C(=O)C(=O)NC1(c2c[nH]nn2)CC(F)(F)C1. The summed E-state index contributed by atoms with van der Waals surface area (Å²) in [5.41, 5.74) is -1.42. The fraction of sp³-hybridized carbons (Fsp3) is 0.429. The van der Waals surface area contributed by atoms with E-state index in [9.17, 15) is 27.6 Å². The summed E-state index contributed by atoms with van der Waals surface area (Å²) in [5, 5.41) is 23.5. The number of amides is 3. The van der Waals surface area contributed by atoms with Crippen molar-refractivity contribution in [2.24, 2.45) is 5.92 Å². The number of benzene rings is 1. The van der Waals surface area contributed by atoms with Crippen LogP contribution in [0.1, 0.15) is 37.4 Å². The van der Waals surface area contributed by atoms with E-state index < -0.39 is 59.8 Å². The summed E-state index contributed by atoms with van der Waals surface area (Å²) in [7, 11) is 0. The van der Waals surface area contributed by atoms with Crippen LogP contribution >= 0.6 is 0 Å². The minimum Gasteiger partial charge on any atom is -0.336 e. The van der Waals surface area contributed by atoms with Crippen LogP contribution in [-0.4, -0.2) is 56.5 Å². The molecule has 2 atom stereocenters. The smallest absolute Gasteiger partial charge is 0.312 e. The topological polar surface area (TPSA) is 144 Å². The van der Waals surface area contributed by atoms with Crippen molar-refractivity contribution in [2.45, 2.75) is 43.7 Å². The number of aromatic amines is 1. The summed E-state index contributed by atoms with van der Waals surface area (Å²) in [6, 6.07) is 4.77. The van der Waals surface area contributed by atoms with Crippen LogP contribution in [0.15, 0.2) is 24.4 Å². The molecule has 3 N–H and O–H groups in total. The van der Waals surface area contributed by atoms with E-state index in [2.05, 4.69) is 26.0 Å². The van der Waals surface area contributed by atoms with Gasteiger partial charge in [0.15, 0.2) is 0 Å². The van der Waals surface area contributed by atoms with Gasteiger partial charge in [0.2, 0.25) is 5.91 Å². The Balaban J connectivity index is 1.41. The van der Waals surface area contributed by atoms with Crippen molar-refractivity contribution in [1.29, 1.82) is 5.26 Å². The van der Waals surface area contributed by atoms with Crippen molar-refractivity contribution in [2.75, 3.05) is 11.9 Å². The Morgan fingerprint density at radius 3 is 2.65 bits per heavy atom. The van der Waals surface area contributed by atoms with Gasteiger partial charge < -0.3 is 15.5 Å². The van der Waals surface area contributed by atoms with Crippen LogP contribution in [-0.2, 0) is 19.9 Å². The molecule has 1 aromatic heterocycles. The van der Waals surface area contributed by atoms with E-state index in [1.807, 2.05) is 0 Å². The standard InChI is InChI=1S/C21H20F3N7O3/c1-11-4-13(17(32)27-14-2-3-15(22)12(5-14)6-25)8-31(11)19(34)18(33)28-20(9-21(23,24)10-20)16-7-26-30-29-16/h2-3,5,7,11,13H,4,8-10H2,1H3,(H,27,32)(H,28,33)(H,26,29,30)/t11-,13-/m0/s1. The molecule has 0 spiro atoms. The molecule has 0 unspecified atom stereocenters. The Bertz CT molecular complexity index is 1170. The summed E-state index contributed by atoms with van der Waals surface area (Å²) in [6.45, 7) is 1.59. The van der Waals surface area contributed by atoms with Crippen molar-refractivity contribution in [1.82, 2.24) is 25.6 Å². The number of aromatic nitrogens is 3. The Kier molecular flexibility index (Phi) is 5.76. The average molecular weight is 475 g/mol. The van der Waals surface area contributed by atoms with E-state index in [0.29, 0.717) is 0 Å². The van der Waals surface area contributed by atoms with Gasteiger partial charge in [0.25, 0.3) is 5.92 Å². The number of carbonyl (C=O) groups is 3. The van der Waals surface area contributed by atoms with Gasteiger partial charge in [-0.3, -0.25) is 19.5 Å². The molecule has 10 nitrogen and oxygen atoms in total. The Morgan fingerprint density at radius 2 is 2.03 bits per heavy atom. The molecule has 1 aromatic carbocycles. The van der Waals surface area contributed by atoms with Crippen LogP contribution in [0, 0.1) is 23.1 Å². The summed E-state index contributed by atoms with van der Waals surface area (Å²) in [4.78, 5) is 39.4. The molecule has 0 radical (unpaired) electrons. The van der Waals surface area contributed by atoms with Gasteiger partial charge in [0, 0.05) is 37.3 Å². The zero-order valence-electron chi connectivity index (χ0n) is 17.9. The molecule has 2 fully saturated rings. The monoisotopic (exact) mass is 475 g/mol. The number of anilines is 1. The van der Waals surface area contributed by atoms with Crippen molar-refractivity contribution in [3.05, 3.63) is 41.5 Å². The predicted octanol–water partition coefficient (Wildman–Crippen LogP) is 1.43. The van der Waals surface area contributed by atoms with Gasteiger partial charge in [0.1, 0.15) is 17.6 Å². The third kappa shape index (κ3) is 4.30. The van der Waals surface area contributed by atoms with Gasteiger partial charge in [0.05, 0.1) is 17.0 Å². The van der Waals surface area contributed by atoms with Crippen LogP contribution in [0.25, 0.3) is 0 Å². The lowest BCUT2D eigenvalue weighted by atomic mass is 9.71. The largest absolute Gasteiger partial charge is 0.336 e. The Hall–Kier alpha value is -3.95. The quantitative estimate of drug-likeness (QED) is 0.571. The second kappa shape index (κ2) is 8.44. The highest BCUT2D eigenvalue weighted by Crippen LogP contribution is 2.51. The molecule has 13 heteroatoms. The van der Waals surface area contributed by atoms with E-state index in [0.717, 1.165) is 6.07 Å². The minimum atomic E-state index is -3.01. The van der Waals surface area contributed by atoms with E-state index >= 15 is 0 Å². The molecular weight excluding hydrogens is 455 g/mol. The molecule has 2 heterocycles. The predicted molar refractivity (Wildman–Crippen MR) is 109 cm³/mol. The second-order valence-corrected chi connectivity index (χ2v) is 8.64. The van der Waals surface area contributed by atoms with Gasteiger partial charge in [-0.1, -0.05) is 5.21 Å². The maximum atomic E-state index is 13.6. The molecule has 0 bridgehead atoms. The lowest BCUT2D eigenvalue weighted by Gasteiger charge is -2.46. The number of likely N-dealkylation sites (tertiary alicyclic amines) is 1. The number of nitrogens with one attached hydrogen (secondary N) is 3. The van der Waals surface area contributed by atoms with E-state index in [-0.39, 0.29) is 29.9 Å². The molecule has 3 amide bonds. The van der Waals surface area contributed by atoms with Gasteiger partial charge in [-0.15, -0.1) is 5.10 Å². The lowest BCUT2D eigenvalue weighted by Crippen LogP contribution is -2.62. The molecule has 4 rings (SSSR count). The fourth-order valence-electron chi connectivity index (χ4n) is 4.44. The van der Waals surface area contributed by atoms with Crippen LogP contribution in [0.2, 0.25) is 0 Å². The molecule has 1 saturated heterocycles. The molecule has 34 heavy (non-hydrogen) atoms. The first-order valence-electron chi connectivity index (χ1n) is 10.4. The highest BCUT2D eigenvalue weighted by molar-refractivity contribution is 6.35. The van der Waals surface area contributed by atoms with Gasteiger partial charge >= 0.3 is 11.8 Å². The second-order valence-electron chi connectivity index (χ2n) is 8.64. The van der Waals surface area contributed by atoms with Crippen LogP contribution in [0.4, 0.5) is 18.9 Å². The average Bonchev–Trinajstić information content (AvgIpc) is 3.43. The summed E-state index contributed by atoms with van der Waals surface area (Å²) < 4.78 is 40.8. The van der Waals surface area contributed by atoms with Crippen molar-refractivity contribution < 1.29 is 27.6 Å². The first-order valence-corrected chi connectivity index (χ1v) is 10.4. The van der Waals surface area contributed by atoms with Crippen molar-refractivity contribution in [3.63, 3.8) is 0 Å². The van der Waals surface area contributed by atoms with Gasteiger partial charge in [-0.25, -0.2) is 13.2 Å². The zero-order valence-corrected chi connectivity index (χ0v) is 17.9. The number of H-pyrrole nitrogens is 1. The van der Waals surface area contributed by atoms with Crippen molar-refractivity contribution in [3.8, 4) is 6.07 Å². The number of nitrogens with zero attached hydrogens (tertiary/aromatic N) is 4. The third-order valence-corrected chi connectivity index (χ3v) is 6.14. The fourth-order valence-corrected chi connectivity index (χ4v) is 4.44. The maximum Gasteiger partial charge on any atom is 0.312 e. The Labute approximate surface area is 191 Å². The highest BCUT2D eigenvalue weighted by Gasteiger charge is 2.60. The van der Waals surface area contributed by atoms with Crippen molar-refractivity contribution >= 4 is 23.4 Å². The maximum absolute atomic E-state index is 13.6. The number of rotatable bonds is 4.